The fraction of sp³-hybridized carbons (Fsp3) is 0.333. The van der Waals surface area contributed by atoms with Crippen molar-refractivity contribution in [3.05, 3.63) is 26.9 Å². The van der Waals surface area contributed by atoms with Gasteiger partial charge in [0, 0.05) is 23.9 Å². The third-order valence-electron chi connectivity index (χ3n) is 2.11. The van der Waals surface area contributed by atoms with Crippen molar-refractivity contribution in [2.45, 2.75) is 19.3 Å². The molecule has 2 N–H and O–H groups in total. The number of hydrogen-bond acceptors (Lipinski definition) is 3. The van der Waals surface area contributed by atoms with E-state index in [4.69, 9.17) is 5.11 Å². The van der Waals surface area contributed by atoms with Crippen molar-refractivity contribution in [1.82, 2.24) is 5.32 Å². The average Bonchev–Trinajstić information content (AvgIpc) is 2.71. The highest BCUT2D eigenvalue weighted by atomic mass is 79.9. The summed E-state index contributed by atoms with van der Waals surface area (Å²) in [6, 6.07) is 3.85. The lowest BCUT2D eigenvalue weighted by Crippen LogP contribution is -2.22. The number of unbranched alkanes of at least 4 members (excludes halogenated alkanes) is 1. The van der Waals surface area contributed by atoms with E-state index >= 15 is 0 Å². The summed E-state index contributed by atoms with van der Waals surface area (Å²) in [5, 5.41) is 11.1. The molecule has 0 radical (unpaired) electrons. The van der Waals surface area contributed by atoms with Gasteiger partial charge in [0.1, 0.15) is 0 Å². The van der Waals surface area contributed by atoms with Crippen molar-refractivity contribution >= 4 is 45.2 Å². The number of hydrogen-bond donors (Lipinski definition) is 2. The number of aliphatic carboxylic acids is 1. The molecule has 0 spiro atoms. The van der Waals surface area contributed by atoms with Crippen LogP contribution in [0.4, 0.5) is 0 Å². The van der Waals surface area contributed by atoms with Crippen molar-refractivity contribution < 1.29 is 14.7 Å². The van der Waals surface area contributed by atoms with E-state index in [0.717, 1.165) is 8.66 Å². The fourth-order valence-electron chi connectivity index (χ4n) is 1.25. The first kappa shape index (κ1) is 14.9. The van der Waals surface area contributed by atoms with Crippen LogP contribution in [-0.4, -0.2) is 23.5 Å². The van der Waals surface area contributed by atoms with Crippen molar-refractivity contribution in [2.75, 3.05) is 6.54 Å². The average molecular weight is 332 g/mol. The lowest BCUT2D eigenvalue weighted by Gasteiger charge is -2.00. The molecule has 0 aliphatic carbocycles. The molecule has 1 rings (SSSR count). The first-order valence-corrected chi connectivity index (χ1v) is 7.12. The Labute approximate surface area is 118 Å². The van der Waals surface area contributed by atoms with Crippen LogP contribution in [0.3, 0.4) is 0 Å². The van der Waals surface area contributed by atoms with Gasteiger partial charge in [-0.3, -0.25) is 9.59 Å². The molecule has 1 aromatic heterocycles. The first-order chi connectivity index (χ1) is 8.58. The number of nitrogens with one attached hydrogen (secondary N) is 1. The Morgan fingerprint density at radius 3 is 2.78 bits per heavy atom. The molecule has 18 heavy (non-hydrogen) atoms. The maximum atomic E-state index is 11.4. The van der Waals surface area contributed by atoms with Crippen molar-refractivity contribution in [2.24, 2.45) is 0 Å². The van der Waals surface area contributed by atoms with Gasteiger partial charge in [0.05, 0.1) is 3.79 Å². The van der Waals surface area contributed by atoms with Gasteiger partial charge in [-0.25, -0.2) is 0 Å². The predicted molar refractivity (Wildman–Crippen MR) is 75.5 cm³/mol. The topological polar surface area (TPSA) is 66.4 Å². The number of carbonyl (C=O) groups excluding carboxylic acids is 1. The van der Waals surface area contributed by atoms with Crippen LogP contribution in [-0.2, 0) is 9.59 Å². The summed E-state index contributed by atoms with van der Waals surface area (Å²) >= 11 is 4.90. The summed E-state index contributed by atoms with van der Waals surface area (Å²) in [5.74, 6) is -0.959. The molecule has 0 bridgehead atoms. The molecule has 0 aliphatic heterocycles. The maximum Gasteiger partial charge on any atom is 0.303 e. The molecule has 4 nitrogen and oxygen atoms in total. The Morgan fingerprint density at radius 2 is 2.17 bits per heavy atom. The fourth-order valence-corrected chi connectivity index (χ4v) is 2.57. The summed E-state index contributed by atoms with van der Waals surface area (Å²) in [6.45, 7) is 0.505. The molecule has 0 fully saturated rings. The number of carboxylic acids is 1. The van der Waals surface area contributed by atoms with E-state index in [1.807, 2.05) is 12.1 Å². The van der Waals surface area contributed by atoms with Gasteiger partial charge >= 0.3 is 5.97 Å². The zero-order chi connectivity index (χ0) is 13.4. The van der Waals surface area contributed by atoms with Gasteiger partial charge in [-0.1, -0.05) is 0 Å². The second-order valence-electron chi connectivity index (χ2n) is 3.62. The first-order valence-electron chi connectivity index (χ1n) is 5.51. The lowest BCUT2D eigenvalue weighted by molar-refractivity contribution is -0.137. The molecule has 0 aliphatic rings. The third-order valence-corrected chi connectivity index (χ3v) is 3.70. The molecule has 1 heterocycles. The van der Waals surface area contributed by atoms with Gasteiger partial charge in [-0.2, -0.15) is 0 Å². The van der Waals surface area contributed by atoms with Crippen LogP contribution in [0.15, 0.2) is 22.0 Å². The van der Waals surface area contributed by atoms with Gasteiger partial charge in [-0.05, 0) is 47.0 Å². The molecule has 0 atom stereocenters. The van der Waals surface area contributed by atoms with Crippen LogP contribution < -0.4 is 5.32 Å². The van der Waals surface area contributed by atoms with E-state index in [0.29, 0.717) is 19.4 Å². The minimum atomic E-state index is -0.801. The molecule has 6 heteroatoms. The number of carbonyl (C=O) groups is 2. The van der Waals surface area contributed by atoms with Gasteiger partial charge in [0.2, 0.25) is 5.91 Å². The molecule has 1 aromatic rings. The summed E-state index contributed by atoms with van der Waals surface area (Å²) in [5.41, 5.74) is 0. The third kappa shape index (κ3) is 6.56. The Balaban J connectivity index is 2.17. The summed E-state index contributed by atoms with van der Waals surface area (Å²) in [6.07, 6.45) is 4.64. The molecule has 0 saturated heterocycles. The smallest absolute Gasteiger partial charge is 0.303 e. The van der Waals surface area contributed by atoms with Crippen LogP contribution in [0.2, 0.25) is 0 Å². The Morgan fingerprint density at radius 1 is 1.39 bits per heavy atom. The van der Waals surface area contributed by atoms with E-state index in [-0.39, 0.29) is 12.3 Å². The van der Waals surface area contributed by atoms with Gasteiger partial charge < -0.3 is 10.4 Å². The largest absolute Gasteiger partial charge is 0.481 e. The molecule has 0 saturated carbocycles. The second-order valence-corrected chi connectivity index (χ2v) is 6.11. The SMILES string of the molecule is O=C(O)CCCCNC(=O)C=Cc1ccc(Br)s1. The van der Waals surface area contributed by atoms with Crippen LogP contribution >= 0.6 is 27.3 Å². The highest BCUT2D eigenvalue weighted by molar-refractivity contribution is 9.11. The van der Waals surface area contributed by atoms with E-state index in [2.05, 4.69) is 21.2 Å². The summed E-state index contributed by atoms with van der Waals surface area (Å²) < 4.78 is 1.02. The summed E-state index contributed by atoms with van der Waals surface area (Å²) in [4.78, 5) is 22.7. The van der Waals surface area contributed by atoms with Crippen LogP contribution in [0.25, 0.3) is 6.08 Å². The number of rotatable bonds is 7. The summed E-state index contributed by atoms with van der Waals surface area (Å²) in [7, 11) is 0. The highest BCUT2D eigenvalue weighted by Gasteiger charge is 1.98. The molecule has 1 amide bonds. The zero-order valence-corrected chi connectivity index (χ0v) is 12.1. The van der Waals surface area contributed by atoms with Crippen LogP contribution in [0.1, 0.15) is 24.1 Å². The molecular formula is C12H14BrNO3S. The van der Waals surface area contributed by atoms with E-state index in [1.165, 1.54) is 6.08 Å². The number of thiophene rings is 1. The Hall–Kier alpha value is -1.14. The van der Waals surface area contributed by atoms with E-state index in [9.17, 15) is 9.59 Å². The molecular weight excluding hydrogens is 318 g/mol. The van der Waals surface area contributed by atoms with Gasteiger partial charge in [-0.15, -0.1) is 11.3 Å². The van der Waals surface area contributed by atoms with Crippen molar-refractivity contribution in [3.8, 4) is 0 Å². The van der Waals surface area contributed by atoms with Gasteiger partial charge in [0.25, 0.3) is 0 Å². The van der Waals surface area contributed by atoms with Gasteiger partial charge in [0.15, 0.2) is 0 Å². The predicted octanol–water partition coefficient (Wildman–Crippen LogP) is 2.89. The second kappa shape index (κ2) is 8.05. The Kier molecular flexibility index (Phi) is 6.67. The number of carboxylic acid groups (broad SMARTS) is 1. The Bertz CT molecular complexity index is 442. The van der Waals surface area contributed by atoms with Crippen LogP contribution in [0, 0.1) is 0 Å². The number of halogens is 1. The standard InChI is InChI=1S/C12H14BrNO3S/c13-10-6-4-9(18-10)5-7-11(15)14-8-2-1-3-12(16)17/h4-7H,1-3,8H2,(H,14,15)(H,16,17). The van der Waals surface area contributed by atoms with E-state index < -0.39 is 5.97 Å². The lowest BCUT2D eigenvalue weighted by atomic mass is 10.2. The maximum absolute atomic E-state index is 11.4. The number of amides is 1. The zero-order valence-electron chi connectivity index (χ0n) is 9.69. The highest BCUT2D eigenvalue weighted by Crippen LogP contribution is 2.22. The minimum absolute atomic E-state index is 0.148. The normalized spacial score (nSPS) is 10.7. The molecule has 0 unspecified atom stereocenters. The molecule has 98 valence electrons. The van der Waals surface area contributed by atoms with E-state index in [1.54, 1.807) is 17.4 Å². The quantitative estimate of drug-likeness (QED) is 0.596. The van der Waals surface area contributed by atoms with Crippen LogP contribution in [0.5, 0.6) is 0 Å². The minimum Gasteiger partial charge on any atom is -0.481 e. The molecule has 0 aromatic carbocycles. The van der Waals surface area contributed by atoms with Crippen molar-refractivity contribution in [1.29, 1.82) is 0 Å². The monoisotopic (exact) mass is 331 g/mol. The van der Waals surface area contributed by atoms with Crippen molar-refractivity contribution in [3.63, 3.8) is 0 Å².